The van der Waals surface area contributed by atoms with Gasteiger partial charge in [-0.25, -0.2) is 0 Å². The van der Waals surface area contributed by atoms with Crippen molar-refractivity contribution in [1.82, 2.24) is 0 Å². The van der Waals surface area contributed by atoms with E-state index in [4.69, 9.17) is 4.42 Å². The number of hydrogen-bond acceptors (Lipinski definition) is 1. The topological polar surface area (TPSA) is 13.1 Å². The highest BCUT2D eigenvalue weighted by atomic mass is 16.3. The summed E-state index contributed by atoms with van der Waals surface area (Å²) in [5, 5.41) is 9.91. The lowest BCUT2D eigenvalue weighted by molar-refractivity contribution is 0.659. The van der Waals surface area contributed by atoms with E-state index in [9.17, 15) is 0 Å². The fourth-order valence-electron chi connectivity index (χ4n) is 11.4. The first-order valence-corrected chi connectivity index (χ1v) is 21.6. The highest BCUT2D eigenvalue weighted by Crippen LogP contribution is 2.55. The summed E-state index contributed by atoms with van der Waals surface area (Å²) in [5.74, 6) is 0. The molecule has 1 heteroatoms. The summed E-state index contributed by atoms with van der Waals surface area (Å²) >= 11 is 0. The zero-order chi connectivity index (χ0) is 40.8. The molecule has 0 spiro atoms. The van der Waals surface area contributed by atoms with Crippen molar-refractivity contribution in [2.45, 2.75) is 38.5 Å². The van der Waals surface area contributed by atoms with Gasteiger partial charge in [0, 0.05) is 27.0 Å². The van der Waals surface area contributed by atoms with Crippen molar-refractivity contribution in [2.75, 3.05) is 0 Å². The van der Waals surface area contributed by atoms with Crippen molar-refractivity contribution in [3.05, 3.63) is 204 Å². The Hall–Kier alpha value is -7.22. The van der Waals surface area contributed by atoms with E-state index >= 15 is 0 Å². The molecule has 0 fully saturated rings. The van der Waals surface area contributed by atoms with Crippen LogP contribution in [0.15, 0.2) is 186 Å². The molecule has 2 aliphatic rings. The Morgan fingerprint density at radius 1 is 0.328 bits per heavy atom. The second kappa shape index (κ2) is 12.2. The summed E-state index contributed by atoms with van der Waals surface area (Å²) in [5.41, 5.74) is 20.0. The van der Waals surface area contributed by atoms with E-state index in [1.165, 1.54) is 121 Å². The average molecular weight is 779 g/mol. The number of para-hydroxylation sites is 1. The van der Waals surface area contributed by atoms with Gasteiger partial charge in [0.05, 0.1) is 0 Å². The molecule has 1 aromatic heterocycles. The molecule has 0 saturated heterocycles. The van der Waals surface area contributed by atoms with Crippen LogP contribution in [-0.4, -0.2) is 0 Å². The van der Waals surface area contributed by atoms with Gasteiger partial charge < -0.3 is 4.42 Å². The van der Waals surface area contributed by atoms with Gasteiger partial charge in [0.1, 0.15) is 11.2 Å². The number of benzene rings is 10. The second-order valence-corrected chi connectivity index (χ2v) is 18.4. The highest BCUT2D eigenvalue weighted by molar-refractivity contribution is 6.22. The summed E-state index contributed by atoms with van der Waals surface area (Å²) in [6.45, 7) is 9.56. The van der Waals surface area contributed by atoms with Crippen molar-refractivity contribution in [2.24, 2.45) is 0 Å². The van der Waals surface area contributed by atoms with Gasteiger partial charge >= 0.3 is 0 Å². The van der Waals surface area contributed by atoms with Gasteiger partial charge in [0.15, 0.2) is 0 Å². The Kier molecular flexibility index (Phi) is 6.91. The van der Waals surface area contributed by atoms with Crippen LogP contribution in [-0.2, 0) is 10.8 Å². The summed E-state index contributed by atoms with van der Waals surface area (Å²) in [6.07, 6.45) is 0. The summed E-state index contributed by atoms with van der Waals surface area (Å²) in [6, 6.07) is 67.9. The molecule has 10 aromatic carbocycles. The molecule has 0 saturated carbocycles. The lowest BCUT2D eigenvalue weighted by Gasteiger charge is -2.23. The van der Waals surface area contributed by atoms with Crippen LogP contribution >= 0.6 is 0 Å². The number of rotatable bonds is 3. The normalized spacial score (nSPS) is 14.5. The lowest BCUT2D eigenvalue weighted by Crippen LogP contribution is -2.15. The summed E-state index contributed by atoms with van der Waals surface area (Å²) in [7, 11) is 0. The number of hydrogen-bond donors (Lipinski definition) is 0. The van der Waals surface area contributed by atoms with E-state index in [2.05, 4.69) is 210 Å². The van der Waals surface area contributed by atoms with Crippen molar-refractivity contribution in [1.29, 1.82) is 0 Å². The van der Waals surface area contributed by atoms with Gasteiger partial charge in [-0.05, 0) is 135 Å². The molecule has 13 rings (SSSR count). The zero-order valence-electron chi connectivity index (χ0n) is 34.7. The smallest absolute Gasteiger partial charge is 0.143 e. The highest BCUT2D eigenvalue weighted by Gasteiger charge is 2.39. The molecule has 0 bridgehead atoms. The van der Waals surface area contributed by atoms with Crippen molar-refractivity contribution >= 4 is 54.3 Å². The fourth-order valence-corrected chi connectivity index (χ4v) is 11.4. The third kappa shape index (κ3) is 4.67. The SMILES string of the molecule is CC1(C)c2ccc(-c3c4ccccc4c(-c4ccccc4)c4ccccc34)cc2-c2ccc(-c3ccc4c(c3)C(C)(C)c3ccc5ccc6c7ccccc7oc6c5c3-4)cc21. The van der Waals surface area contributed by atoms with E-state index in [-0.39, 0.29) is 10.8 Å². The third-order valence-electron chi connectivity index (χ3n) is 14.5. The maximum absolute atomic E-state index is 6.65. The first-order chi connectivity index (χ1) is 29.8. The van der Waals surface area contributed by atoms with Crippen molar-refractivity contribution in [3.8, 4) is 55.6 Å². The van der Waals surface area contributed by atoms with E-state index in [0.29, 0.717) is 0 Å². The van der Waals surface area contributed by atoms with Crippen LogP contribution in [0.2, 0.25) is 0 Å². The minimum absolute atomic E-state index is 0.149. The Bertz CT molecular complexity index is 3630. The fraction of sp³-hybridized carbons (Fsp3) is 0.100. The maximum atomic E-state index is 6.65. The van der Waals surface area contributed by atoms with Crippen LogP contribution in [0, 0.1) is 0 Å². The molecular formula is C60H42O. The molecule has 1 nitrogen and oxygen atoms in total. The quantitative estimate of drug-likeness (QED) is 0.163. The Balaban J connectivity index is 0.944. The van der Waals surface area contributed by atoms with Gasteiger partial charge in [-0.15, -0.1) is 0 Å². The van der Waals surface area contributed by atoms with Gasteiger partial charge in [-0.1, -0.05) is 179 Å². The van der Waals surface area contributed by atoms with Gasteiger partial charge in [-0.2, -0.15) is 0 Å². The van der Waals surface area contributed by atoms with E-state index in [1.54, 1.807) is 0 Å². The minimum Gasteiger partial charge on any atom is -0.455 e. The second-order valence-electron chi connectivity index (χ2n) is 18.4. The predicted octanol–water partition coefficient (Wildman–Crippen LogP) is 16.7. The standard InChI is InChI=1S/C60H42O/c1-59(2)49-30-26-39(55-44-19-10-8-17-42(44)54(35-14-6-5-7-15-35)43-18-9-11-20-45(43)55)32-48(49)40-27-23-37(33-51(40)59)38-24-29-47-52(34-38)60(3,4)50-31-25-36-22-28-46-41-16-12-13-21-53(41)61-58(46)56(36)57(47)50/h5-34H,1-4H3. The predicted molar refractivity (Wildman–Crippen MR) is 258 cm³/mol. The van der Waals surface area contributed by atoms with Crippen molar-refractivity contribution < 1.29 is 4.42 Å². The first-order valence-electron chi connectivity index (χ1n) is 21.6. The molecule has 11 aromatic rings. The minimum atomic E-state index is -0.167. The van der Waals surface area contributed by atoms with Crippen LogP contribution in [0.1, 0.15) is 49.9 Å². The molecule has 0 N–H and O–H groups in total. The van der Waals surface area contributed by atoms with Crippen LogP contribution in [0.4, 0.5) is 0 Å². The Labute approximate surface area is 355 Å². The molecule has 0 aliphatic heterocycles. The molecule has 0 unspecified atom stereocenters. The average Bonchev–Trinajstić information content (AvgIpc) is 3.87. The zero-order valence-corrected chi connectivity index (χ0v) is 34.7. The molecular weight excluding hydrogens is 737 g/mol. The maximum Gasteiger partial charge on any atom is 0.143 e. The third-order valence-corrected chi connectivity index (χ3v) is 14.5. The molecule has 0 atom stereocenters. The first kappa shape index (κ1) is 34.6. The van der Waals surface area contributed by atoms with E-state index in [0.717, 1.165) is 11.2 Å². The van der Waals surface area contributed by atoms with Crippen LogP contribution in [0.3, 0.4) is 0 Å². The molecule has 61 heavy (non-hydrogen) atoms. The van der Waals surface area contributed by atoms with Gasteiger partial charge in [0.25, 0.3) is 0 Å². The molecule has 288 valence electrons. The summed E-state index contributed by atoms with van der Waals surface area (Å²) < 4.78 is 6.65. The molecule has 0 radical (unpaired) electrons. The molecule has 1 heterocycles. The molecule has 2 aliphatic carbocycles. The Morgan fingerprint density at radius 3 is 1.54 bits per heavy atom. The Morgan fingerprint density at radius 2 is 0.852 bits per heavy atom. The monoisotopic (exact) mass is 778 g/mol. The van der Waals surface area contributed by atoms with E-state index < -0.39 is 0 Å². The van der Waals surface area contributed by atoms with E-state index in [1.807, 2.05) is 0 Å². The number of fused-ring (bicyclic) bond motifs is 14. The van der Waals surface area contributed by atoms with Gasteiger partial charge in [-0.3, -0.25) is 0 Å². The lowest BCUT2D eigenvalue weighted by atomic mass is 9.80. The van der Waals surface area contributed by atoms with Gasteiger partial charge in [0.2, 0.25) is 0 Å². The summed E-state index contributed by atoms with van der Waals surface area (Å²) in [4.78, 5) is 0. The van der Waals surface area contributed by atoms with Crippen LogP contribution in [0.5, 0.6) is 0 Å². The van der Waals surface area contributed by atoms with Crippen LogP contribution < -0.4 is 0 Å². The largest absolute Gasteiger partial charge is 0.455 e. The number of furan rings is 1. The van der Waals surface area contributed by atoms with Crippen molar-refractivity contribution in [3.63, 3.8) is 0 Å². The molecule has 0 amide bonds. The van der Waals surface area contributed by atoms with Crippen LogP contribution in [0.25, 0.3) is 110 Å².